The molecule has 5 nitrogen and oxygen atoms in total. The third-order valence-corrected chi connectivity index (χ3v) is 2.80. The molecule has 1 unspecified atom stereocenters. The van der Waals surface area contributed by atoms with Gasteiger partial charge in [0.1, 0.15) is 5.82 Å². The van der Waals surface area contributed by atoms with Gasteiger partial charge in [-0.2, -0.15) is 13.2 Å². The number of aromatic carboxylic acids is 1. The molecule has 0 amide bonds. The Kier molecular flexibility index (Phi) is 3.99. The lowest BCUT2D eigenvalue weighted by molar-refractivity contribution is -0.198. The number of anilines is 1. The van der Waals surface area contributed by atoms with E-state index in [-0.39, 0.29) is 11.5 Å². The van der Waals surface area contributed by atoms with Crippen molar-refractivity contribution in [1.29, 1.82) is 0 Å². The lowest BCUT2D eigenvalue weighted by atomic mass is 10.1. The Hall–Kier alpha value is -2.35. The topological polar surface area (TPSA) is 82.5 Å². The van der Waals surface area contributed by atoms with Gasteiger partial charge in [-0.25, -0.2) is 9.78 Å². The predicted molar refractivity (Wildman–Crippen MR) is 69.3 cm³/mol. The summed E-state index contributed by atoms with van der Waals surface area (Å²) in [6.45, 7) is -0.816. The molecule has 2 aromatic rings. The molecule has 0 saturated carbocycles. The van der Waals surface area contributed by atoms with E-state index in [2.05, 4.69) is 10.3 Å². The van der Waals surface area contributed by atoms with Gasteiger partial charge >= 0.3 is 12.1 Å². The molecule has 21 heavy (non-hydrogen) atoms. The van der Waals surface area contributed by atoms with Crippen LogP contribution in [-0.4, -0.2) is 40.0 Å². The summed E-state index contributed by atoms with van der Waals surface area (Å²) in [5.41, 5.74) is -0.294. The molecule has 0 saturated heterocycles. The van der Waals surface area contributed by atoms with Gasteiger partial charge in [0.2, 0.25) is 0 Å². The van der Waals surface area contributed by atoms with Crippen LogP contribution in [0.25, 0.3) is 10.8 Å². The van der Waals surface area contributed by atoms with Crippen LogP contribution in [0, 0.1) is 0 Å². The van der Waals surface area contributed by atoms with Gasteiger partial charge < -0.3 is 15.5 Å². The molecule has 0 fully saturated rings. The van der Waals surface area contributed by atoms with Crippen molar-refractivity contribution in [2.75, 3.05) is 11.9 Å². The fourth-order valence-electron chi connectivity index (χ4n) is 1.75. The summed E-state index contributed by atoms with van der Waals surface area (Å²) in [4.78, 5) is 14.7. The summed E-state index contributed by atoms with van der Waals surface area (Å²) in [6.07, 6.45) is -7.32. The number of hydrogen-bond donors (Lipinski definition) is 3. The molecule has 0 bridgehead atoms. The molecule has 1 aromatic heterocycles. The van der Waals surface area contributed by atoms with Gasteiger partial charge in [-0.15, -0.1) is 0 Å². The Morgan fingerprint density at radius 2 is 2.00 bits per heavy atom. The highest BCUT2D eigenvalue weighted by molar-refractivity contribution is 5.97. The van der Waals surface area contributed by atoms with Crippen LogP contribution in [0.4, 0.5) is 19.0 Å². The summed E-state index contributed by atoms with van der Waals surface area (Å²) < 4.78 is 36.8. The number of benzene rings is 1. The highest BCUT2D eigenvalue weighted by atomic mass is 19.4. The standard InChI is InChI=1S/C13H11F3N2O3/c14-13(15,16)10(19)6-17-11-8-4-2-1-3-7(8)5-9(18-11)12(20)21/h1-5,10,19H,6H2,(H,17,18)(H,20,21). The molecule has 8 heteroatoms. The summed E-state index contributed by atoms with van der Waals surface area (Å²) in [5.74, 6) is -1.31. The maximum atomic E-state index is 12.3. The predicted octanol–water partition coefficient (Wildman–Crippen LogP) is 2.27. The zero-order chi connectivity index (χ0) is 15.6. The molecular weight excluding hydrogens is 289 g/mol. The maximum absolute atomic E-state index is 12.3. The lowest BCUT2D eigenvalue weighted by Gasteiger charge is -2.16. The number of aromatic nitrogens is 1. The zero-order valence-electron chi connectivity index (χ0n) is 10.6. The van der Waals surface area contributed by atoms with Crippen LogP contribution >= 0.6 is 0 Å². The number of rotatable bonds is 4. The van der Waals surface area contributed by atoms with Gasteiger partial charge in [-0.3, -0.25) is 0 Å². The van der Waals surface area contributed by atoms with Crippen LogP contribution in [0.15, 0.2) is 30.3 Å². The number of nitrogens with one attached hydrogen (secondary N) is 1. The number of pyridine rings is 1. The Morgan fingerprint density at radius 1 is 1.33 bits per heavy atom. The fourth-order valence-corrected chi connectivity index (χ4v) is 1.75. The van der Waals surface area contributed by atoms with Crippen molar-refractivity contribution in [2.24, 2.45) is 0 Å². The van der Waals surface area contributed by atoms with Gasteiger partial charge in [0, 0.05) is 5.39 Å². The number of carboxylic acids is 1. The number of alkyl halides is 3. The summed E-state index contributed by atoms with van der Waals surface area (Å²) in [7, 11) is 0. The third-order valence-electron chi connectivity index (χ3n) is 2.80. The van der Waals surface area contributed by atoms with Crippen LogP contribution in [0.1, 0.15) is 10.5 Å². The van der Waals surface area contributed by atoms with E-state index in [0.717, 1.165) is 0 Å². The quantitative estimate of drug-likeness (QED) is 0.807. The number of halogens is 3. The Labute approximate surface area is 117 Å². The highest BCUT2D eigenvalue weighted by Gasteiger charge is 2.38. The first-order valence-corrected chi connectivity index (χ1v) is 5.91. The first-order valence-electron chi connectivity index (χ1n) is 5.91. The first kappa shape index (κ1) is 15.0. The molecule has 0 radical (unpaired) electrons. The van der Waals surface area contributed by atoms with Gasteiger partial charge in [0.05, 0.1) is 6.54 Å². The molecule has 1 aromatic carbocycles. The number of aliphatic hydroxyl groups is 1. The van der Waals surface area contributed by atoms with Crippen molar-refractivity contribution in [2.45, 2.75) is 12.3 Å². The molecule has 0 aliphatic heterocycles. The summed E-state index contributed by atoms with van der Waals surface area (Å²) in [6, 6.07) is 7.85. The van der Waals surface area contributed by atoms with E-state index < -0.39 is 24.8 Å². The average Bonchev–Trinajstić information content (AvgIpc) is 2.42. The van der Waals surface area contributed by atoms with E-state index in [1.807, 2.05) is 0 Å². The minimum atomic E-state index is -4.76. The lowest BCUT2D eigenvalue weighted by Crippen LogP contribution is -2.35. The van der Waals surface area contributed by atoms with Gasteiger partial charge in [-0.1, -0.05) is 24.3 Å². The fraction of sp³-hybridized carbons (Fsp3) is 0.231. The average molecular weight is 300 g/mol. The number of carboxylic acid groups (broad SMARTS) is 1. The number of fused-ring (bicyclic) bond motifs is 1. The van der Waals surface area contributed by atoms with E-state index in [0.29, 0.717) is 10.8 Å². The monoisotopic (exact) mass is 300 g/mol. The van der Waals surface area contributed by atoms with Crippen LogP contribution in [0.5, 0.6) is 0 Å². The maximum Gasteiger partial charge on any atom is 0.416 e. The molecule has 3 N–H and O–H groups in total. The smallest absolute Gasteiger partial charge is 0.416 e. The summed E-state index contributed by atoms with van der Waals surface area (Å²) >= 11 is 0. The minimum absolute atomic E-state index is 0.0196. The minimum Gasteiger partial charge on any atom is -0.477 e. The van der Waals surface area contributed by atoms with Crippen molar-refractivity contribution >= 4 is 22.6 Å². The first-order chi connectivity index (χ1) is 9.79. The number of aliphatic hydroxyl groups excluding tert-OH is 1. The Bertz CT molecular complexity index is 673. The van der Waals surface area contributed by atoms with E-state index in [4.69, 9.17) is 10.2 Å². The Balaban J connectivity index is 2.35. The second kappa shape index (κ2) is 5.57. The number of nitrogens with zero attached hydrogens (tertiary/aromatic N) is 1. The van der Waals surface area contributed by atoms with Crippen LogP contribution in [0.3, 0.4) is 0 Å². The van der Waals surface area contributed by atoms with Crippen molar-refractivity contribution < 1.29 is 28.2 Å². The van der Waals surface area contributed by atoms with Crippen molar-refractivity contribution in [1.82, 2.24) is 4.98 Å². The van der Waals surface area contributed by atoms with Crippen LogP contribution in [0.2, 0.25) is 0 Å². The van der Waals surface area contributed by atoms with Gasteiger partial charge in [-0.05, 0) is 11.5 Å². The van der Waals surface area contributed by atoms with Crippen LogP contribution in [-0.2, 0) is 0 Å². The Morgan fingerprint density at radius 3 is 2.62 bits per heavy atom. The molecule has 0 aliphatic rings. The number of carbonyl (C=O) groups is 1. The highest BCUT2D eigenvalue weighted by Crippen LogP contribution is 2.24. The van der Waals surface area contributed by atoms with E-state index in [1.165, 1.54) is 6.07 Å². The molecule has 0 aliphatic carbocycles. The zero-order valence-corrected chi connectivity index (χ0v) is 10.6. The molecule has 1 atom stereocenters. The molecule has 1 heterocycles. The third kappa shape index (κ3) is 3.40. The summed E-state index contributed by atoms with van der Waals surface area (Å²) in [5, 5.41) is 21.3. The van der Waals surface area contributed by atoms with E-state index in [1.54, 1.807) is 24.3 Å². The second-order valence-corrected chi connectivity index (χ2v) is 4.32. The van der Waals surface area contributed by atoms with Crippen molar-refractivity contribution in [3.05, 3.63) is 36.0 Å². The van der Waals surface area contributed by atoms with Gasteiger partial charge in [0.15, 0.2) is 11.8 Å². The normalized spacial score (nSPS) is 13.1. The van der Waals surface area contributed by atoms with Crippen molar-refractivity contribution in [3.8, 4) is 0 Å². The van der Waals surface area contributed by atoms with E-state index >= 15 is 0 Å². The molecular formula is C13H11F3N2O3. The molecule has 112 valence electrons. The second-order valence-electron chi connectivity index (χ2n) is 4.32. The SMILES string of the molecule is O=C(O)c1cc2ccccc2c(NCC(O)C(F)(F)F)n1. The number of hydrogen-bond acceptors (Lipinski definition) is 4. The largest absolute Gasteiger partial charge is 0.477 e. The molecule has 2 rings (SSSR count). The van der Waals surface area contributed by atoms with E-state index in [9.17, 15) is 18.0 Å². The van der Waals surface area contributed by atoms with Crippen LogP contribution < -0.4 is 5.32 Å². The molecule has 0 spiro atoms. The van der Waals surface area contributed by atoms with Crippen molar-refractivity contribution in [3.63, 3.8) is 0 Å². The van der Waals surface area contributed by atoms with Gasteiger partial charge in [0.25, 0.3) is 0 Å².